The summed E-state index contributed by atoms with van der Waals surface area (Å²) in [5.74, 6) is -0.0836. The molecule has 0 aliphatic carbocycles. The van der Waals surface area contributed by atoms with Gasteiger partial charge in [0.05, 0.1) is 6.26 Å². The fourth-order valence-corrected chi connectivity index (χ4v) is 1.94. The molecule has 1 aromatic heterocycles. The highest BCUT2D eigenvalue weighted by Gasteiger charge is 2.37. The van der Waals surface area contributed by atoms with E-state index in [0.717, 1.165) is 6.92 Å². The summed E-state index contributed by atoms with van der Waals surface area (Å²) < 4.78 is 45.8. The van der Waals surface area contributed by atoms with Gasteiger partial charge in [0.15, 0.2) is 21.4 Å². The smallest absolute Gasteiger partial charge is 0.222 e. The van der Waals surface area contributed by atoms with Crippen molar-refractivity contribution in [2.45, 2.75) is 11.0 Å². The third-order valence-electron chi connectivity index (χ3n) is 1.70. The molecule has 0 aliphatic heterocycles. The Morgan fingerprint density at radius 2 is 1.77 bits per heavy atom. The highest BCUT2D eigenvalue weighted by molar-refractivity contribution is 7.91. The van der Waals surface area contributed by atoms with Crippen molar-refractivity contribution in [3.05, 3.63) is 24.2 Å². The van der Waals surface area contributed by atoms with E-state index in [1.165, 1.54) is 18.4 Å². The van der Waals surface area contributed by atoms with Crippen LogP contribution in [0.25, 0.3) is 0 Å². The van der Waals surface area contributed by atoms with E-state index in [1.54, 1.807) is 0 Å². The molecule has 0 aliphatic rings. The van der Waals surface area contributed by atoms with E-state index in [2.05, 4.69) is 0 Å². The van der Waals surface area contributed by atoms with Crippen molar-refractivity contribution in [2.24, 2.45) is 0 Å². The lowest BCUT2D eigenvalue weighted by Crippen LogP contribution is -2.24. The lowest BCUT2D eigenvalue weighted by atomic mass is 10.3. The SMILES string of the molecule is CC(c1ccco1)([SH](=O)=O)[SH](=O)=O. The van der Waals surface area contributed by atoms with Crippen LogP contribution in [0.1, 0.15) is 12.7 Å². The molecule has 0 amide bonds. The third kappa shape index (κ3) is 1.61. The monoisotopic (exact) mass is 224 g/mol. The highest BCUT2D eigenvalue weighted by atomic mass is 32.2. The number of furan rings is 1. The van der Waals surface area contributed by atoms with Gasteiger partial charge in [-0.15, -0.1) is 0 Å². The zero-order valence-electron chi connectivity index (χ0n) is 6.67. The van der Waals surface area contributed by atoms with Gasteiger partial charge in [-0.2, -0.15) is 0 Å². The van der Waals surface area contributed by atoms with Crippen LogP contribution in [0.2, 0.25) is 0 Å². The lowest BCUT2D eigenvalue weighted by molar-refractivity contribution is 0.480. The molecule has 13 heavy (non-hydrogen) atoms. The molecule has 0 atom stereocenters. The fraction of sp³-hybridized carbons (Fsp3) is 0.333. The minimum absolute atomic E-state index is 0.0836. The van der Waals surface area contributed by atoms with Crippen LogP contribution in [0, 0.1) is 0 Å². The van der Waals surface area contributed by atoms with Gasteiger partial charge < -0.3 is 4.42 Å². The maximum atomic E-state index is 10.8. The summed E-state index contributed by atoms with van der Waals surface area (Å²) in [6.45, 7) is 1.09. The predicted octanol–water partition coefficient (Wildman–Crippen LogP) is -0.325. The maximum absolute atomic E-state index is 10.8. The van der Waals surface area contributed by atoms with Gasteiger partial charge in [0.2, 0.25) is 4.08 Å². The first kappa shape index (κ1) is 10.3. The molecule has 1 heterocycles. The number of rotatable bonds is 3. The zero-order chi connectivity index (χ0) is 10.1. The summed E-state index contributed by atoms with van der Waals surface area (Å²) in [4.78, 5) is 0. The average Bonchev–Trinajstić information content (AvgIpc) is 2.54. The fourth-order valence-electron chi connectivity index (χ4n) is 0.795. The Hall–Kier alpha value is -0.820. The Balaban J connectivity index is 3.38. The van der Waals surface area contributed by atoms with Crippen molar-refractivity contribution in [3.8, 4) is 0 Å². The minimum Gasteiger partial charge on any atom is -0.467 e. The van der Waals surface area contributed by atoms with Gasteiger partial charge in [0.25, 0.3) is 0 Å². The Labute approximate surface area is 78.3 Å². The Bertz CT molecular complexity index is 388. The van der Waals surface area contributed by atoms with Crippen molar-refractivity contribution in [1.29, 1.82) is 0 Å². The summed E-state index contributed by atoms with van der Waals surface area (Å²) in [5, 5.41) is 0. The maximum Gasteiger partial charge on any atom is 0.222 e. The van der Waals surface area contributed by atoms with Gasteiger partial charge in [-0.1, -0.05) is 0 Å². The van der Waals surface area contributed by atoms with Gasteiger partial charge in [0, 0.05) is 0 Å². The second-order valence-corrected chi connectivity index (χ2v) is 5.68. The largest absolute Gasteiger partial charge is 0.467 e. The van der Waals surface area contributed by atoms with Crippen molar-refractivity contribution < 1.29 is 21.3 Å². The summed E-state index contributed by atoms with van der Waals surface area (Å²) in [7, 11) is -6.25. The Kier molecular flexibility index (Phi) is 2.77. The molecule has 0 saturated carbocycles. The summed E-state index contributed by atoms with van der Waals surface area (Å²) in [5.41, 5.74) is 0. The first-order valence-electron chi connectivity index (χ1n) is 3.32. The Morgan fingerprint density at radius 3 is 2.08 bits per heavy atom. The molecular formula is C6H8O5S2. The first-order chi connectivity index (χ1) is 5.99. The van der Waals surface area contributed by atoms with Crippen molar-refractivity contribution in [3.63, 3.8) is 0 Å². The molecule has 0 saturated heterocycles. The third-order valence-corrected chi connectivity index (χ3v) is 4.54. The zero-order valence-corrected chi connectivity index (χ0v) is 8.46. The molecule has 0 bridgehead atoms. The van der Waals surface area contributed by atoms with Gasteiger partial charge in [-0.05, 0) is 19.1 Å². The molecule has 5 nitrogen and oxygen atoms in total. The van der Waals surface area contributed by atoms with E-state index in [1.807, 2.05) is 0 Å². The summed E-state index contributed by atoms with van der Waals surface area (Å²) >= 11 is 0. The van der Waals surface area contributed by atoms with E-state index in [9.17, 15) is 16.8 Å². The molecule has 1 rings (SSSR count). The quantitative estimate of drug-likeness (QED) is 0.687. The standard InChI is InChI=1S/C6H8O5S2/c1-6(12(7)8,13(9)10)5-3-2-4-11-5/h2-4,12-13H,1H3. The van der Waals surface area contributed by atoms with Crippen molar-refractivity contribution >= 4 is 21.4 Å². The molecule has 0 spiro atoms. The summed E-state index contributed by atoms with van der Waals surface area (Å²) in [6, 6.07) is 2.75. The molecule has 0 fully saturated rings. The number of hydrogen-bond donors (Lipinski definition) is 2. The van der Waals surface area contributed by atoms with Crippen LogP contribution in [-0.2, 0) is 25.5 Å². The summed E-state index contributed by atoms with van der Waals surface area (Å²) in [6.07, 6.45) is 1.23. The highest BCUT2D eigenvalue weighted by Crippen LogP contribution is 2.25. The van der Waals surface area contributed by atoms with Crippen LogP contribution in [-0.4, -0.2) is 16.8 Å². The van der Waals surface area contributed by atoms with Gasteiger partial charge >= 0.3 is 0 Å². The molecule has 1 aromatic rings. The van der Waals surface area contributed by atoms with E-state index in [0.29, 0.717) is 0 Å². The molecule has 74 valence electrons. The molecule has 0 unspecified atom stereocenters. The van der Waals surface area contributed by atoms with Crippen molar-refractivity contribution in [2.75, 3.05) is 0 Å². The van der Waals surface area contributed by atoms with Crippen LogP contribution in [0.3, 0.4) is 0 Å². The topological polar surface area (TPSA) is 81.4 Å². The second kappa shape index (κ2) is 3.51. The normalized spacial score (nSPS) is 12.5. The van der Waals surface area contributed by atoms with Crippen LogP contribution in [0.4, 0.5) is 0 Å². The molecule has 0 aromatic carbocycles. The van der Waals surface area contributed by atoms with E-state index >= 15 is 0 Å². The van der Waals surface area contributed by atoms with E-state index in [-0.39, 0.29) is 5.76 Å². The van der Waals surface area contributed by atoms with Gasteiger partial charge in [0.1, 0.15) is 5.76 Å². The van der Waals surface area contributed by atoms with Crippen LogP contribution < -0.4 is 0 Å². The van der Waals surface area contributed by atoms with E-state index < -0.39 is 25.5 Å². The molecular weight excluding hydrogens is 216 g/mol. The Morgan fingerprint density at radius 1 is 1.23 bits per heavy atom. The van der Waals surface area contributed by atoms with Crippen LogP contribution >= 0.6 is 0 Å². The second-order valence-electron chi connectivity index (χ2n) is 2.51. The van der Waals surface area contributed by atoms with Crippen molar-refractivity contribution in [1.82, 2.24) is 0 Å². The minimum atomic E-state index is -3.13. The van der Waals surface area contributed by atoms with Crippen LogP contribution in [0.15, 0.2) is 22.8 Å². The van der Waals surface area contributed by atoms with Crippen LogP contribution in [0.5, 0.6) is 0 Å². The lowest BCUT2D eigenvalue weighted by Gasteiger charge is -2.11. The average molecular weight is 224 g/mol. The first-order valence-corrected chi connectivity index (χ1v) is 5.68. The molecule has 7 heteroatoms. The molecule has 0 radical (unpaired) electrons. The molecule has 0 N–H and O–H groups in total. The van der Waals surface area contributed by atoms with Gasteiger partial charge in [-0.3, -0.25) is 0 Å². The van der Waals surface area contributed by atoms with Gasteiger partial charge in [-0.25, -0.2) is 16.8 Å². The number of thiol groups is 2. The van der Waals surface area contributed by atoms with E-state index in [4.69, 9.17) is 4.42 Å². The number of hydrogen-bond acceptors (Lipinski definition) is 5. The predicted molar refractivity (Wildman–Crippen MR) is 46.7 cm³/mol.